The summed E-state index contributed by atoms with van der Waals surface area (Å²) >= 11 is 0. The molecule has 0 radical (unpaired) electrons. The molecular weight excluding hydrogens is 376 g/mol. The van der Waals surface area contributed by atoms with Crippen LogP contribution in [0.1, 0.15) is 35.1 Å². The van der Waals surface area contributed by atoms with Gasteiger partial charge in [-0.1, -0.05) is 24.3 Å². The Hall–Kier alpha value is -2.87. The molecule has 0 bridgehead atoms. The molecule has 2 aliphatic carbocycles. The molecule has 28 heavy (non-hydrogen) atoms. The van der Waals surface area contributed by atoms with Crippen molar-refractivity contribution in [1.29, 1.82) is 0 Å². The molecule has 0 spiro atoms. The van der Waals surface area contributed by atoms with Gasteiger partial charge in [0.2, 0.25) is 0 Å². The molecule has 2 N–H and O–H groups in total. The summed E-state index contributed by atoms with van der Waals surface area (Å²) in [7, 11) is -4.15. The number of aryl methyl sites for hydroxylation is 2. The first-order valence-corrected chi connectivity index (χ1v) is 10.9. The van der Waals surface area contributed by atoms with Gasteiger partial charge in [-0.25, -0.2) is 9.52 Å². The smallest absolute Gasteiger partial charge is 0.307 e. The van der Waals surface area contributed by atoms with Gasteiger partial charge < -0.3 is 5.32 Å². The fourth-order valence-corrected chi connectivity index (χ4v) is 5.37. The number of urea groups is 1. The second-order valence-electron chi connectivity index (χ2n) is 7.34. The van der Waals surface area contributed by atoms with Gasteiger partial charge in [-0.3, -0.25) is 0 Å². The van der Waals surface area contributed by atoms with Gasteiger partial charge in [0, 0.05) is 11.1 Å². The Morgan fingerprint density at radius 2 is 1.68 bits per heavy atom. The van der Waals surface area contributed by atoms with Crippen LogP contribution in [0.25, 0.3) is 10.9 Å². The van der Waals surface area contributed by atoms with Crippen molar-refractivity contribution < 1.29 is 13.2 Å². The molecule has 2 aliphatic rings. The number of nitrogens with one attached hydrogen (secondary N) is 2. The van der Waals surface area contributed by atoms with E-state index in [1.807, 2.05) is 0 Å². The van der Waals surface area contributed by atoms with E-state index in [-0.39, 0.29) is 0 Å². The monoisotopic (exact) mass is 396 g/mol. The van der Waals surface area contributed by atoms with Crippen LogP contribution in [-0.2, 0) is 35.9 Å². The SMILES string of the molecule is O=C(Nc1c2c(cc3c1CCC3)CCC2)NS(=O)(=O)n1ncc2ccccc21. The second kappa shape index (κ2) is 6.34. The molecule has 144 valence electrons. The first-order chi connectivity index (χ1) is 13.5. The van der Waals surface area contributed by atoms with Crippen LogP contribution < -0.4 is 10.0 Å². The van der Waals surface area contributed by atoms with Crippen LogP contribution in [0.15, 0.2) is 36.5 Å². The Labute approximate surface area is 162 Å². The largest absolute Gasteiger partial charge is 0.347 e. The molecule has 0 aliphatic heterocycles. The number of para-hydroxylation sites is 1. The summed E-state index contributed by atoms with van der Waals surface area (Å²) in [4.78, 5) is 12.6. The van der Waals surface area contributed by atoms with E-state index in [4.69, 9.17) is 0 Å². The number of hydrogen-bond donors (Lipinski definition) is 2. The average molecular weight is 396 g/mol. The molecule has 5 rings (SSSR count). The van der Waals surface area contributed by atoms with Crippen molar-refractivity contribution in [2.75, 3.05) is 5.32 Å². The topological polar surface area (TPSA) is 93.1 Å². The summed E-state index contributed by atoms with van der Waals surface area (Å²) in [6.45, 7) is 0. The summed E-state index contributed by atoms with van der Waals surface area (Å²) < 4.78 is 28.4. The van der Waals surface area contributed by atoms with E-state index in [0.29, 0.717) is 10.9 Å². The van der Waals surface area contributed by atoms with E-state index in [9.17, 15) is 13.2 Å². The maximum atomic E-state index is 12.7. The molecule has 3 aromatic rings. The van der Waals surface area contributed by atoms with Crippen molar-refractivity contribution in [3.63, 3.8) is 0 Å². The molecule has 8 heteroatoms. The highest BCUT2D eigenvalue weighted by molar-refractivity contribution is 7.88. The minimum atomic E-state index is -4.15. The molecule has 2 aromatic carbocycles. The summed E-state index contributed by atoms with van der Waals surface area (Å²) in [5.74, 6) is 0. The highest BCUT2D eigenvalue weighted by atomic mass is 32.2. The normalized spacial score (nSPS) is 15.4. The van der Waals surface area contributed by atoms with Crippen LogP contribution in [0, 0.1) is 0 Å². The maximum absolute atomic E-state index is 12.7. The van der Waals surface area contributed by atoms with E-state index in [1.165, 1.54) is 17.3 Å². The van der Waals surface area contributed by atoms with Gasteiger partial charge in [-0.2, -0.15) is 13.5 Å². The van der Waals surface area contributed by atoms with Crippen LogP contribution >= 0.6 is 0 Å². The molecule has 0 unspecified atom stereocenters. The Bertz CT molecular complexity index is 1180. The molecule has 0 fully saturated rings. The van der Waals surface area contributed by atoms with Gasteiger partial charge in [0.15, 0.2) is 0 Å². The van der Waals surface area contributed by atoms with Crippen molar-refractivity contribution >= 4 is 32.8 Å². The number of nitrogens with zero attached hydrogens (tertiary/aromatic N) is 2. The number of fused-ring (bicyclic) bond motifs is 3. The van der Waals surface area contributed by atoms with Gasteiger partial charge in [0.1, 0.15) is 0 Å². The van der Waals surface area contributed by atoms with Crippen molar-refractivity contribution in [2.24, 2.45) is 0 Å². The molecule has 7 nitrogen and oxygen atoms in total. The zero-order chi connectivity index (χ0) is 19.3. The number of benzene rings is 2. The molecule has 2 amide bonds. The van der Waals surface area contributed by atoms with E-state index >= 15 is 0 Å². The summed E-state index contributed by atoms with van der Waals surface area (Å²) in [5, 5.41) is 7.45. The number of carbonyl (C=O) groups excluding carboxylic acids is 1. The predicted octanol–water partition coefficient (Wildman–Crippen LogP) is 2.93. The summed E-state index contributed by atoms with van der Waals surface area (Å²) in [6.07, 6.45) is 7.43. The third-order valence-electron chi connectivity index (χ3n) is 5.61. The standard InChI is InChI=1S/C20H20N4O3S/c25-20(23-28(26,27)24-18-10-2-1-5-15(18)12-21-24)22-19-16-8-3-6-13(16)11-14-7-4-9-17(14)19/h1-2,5,10-12H,3-4,6-9H2,(H2,22,23,25). The van der Waals surface area contributed by atoms with E-state index < -0.39 is 16.2 Å². The van der Waals surface area contributed by atoms with Crippen molar-refractivity contribution in [2.45, 2.75) is 38.5 Å². The van der Waals surface area contributed by atoms with Crippen LogP contribution in [0.3, 0.4) is 0 Å². The van der Waals surface area contributed by atoms with Gasteiger partial charge in [0.05, 0.1) is 11.7 Å². The highest BCUT2D eigenvalue weighted by Gasteiger charge is 2.26. The van der Waals surface area contributed by atoms with Gasteiger partial charge >= 0.3 is 16.2 Å². The zero-order valence-corrected chi connectivity index (χ0v) is 16.1. The van der Waals surface area contributed by atoms with E-state index in [0.717, 1.165) is 59.4 Å². The van der Waals surface area contributed by atoms with Gasteiger partial charge in [0.25, 0.3) is 0 Å². The van der Waals surface area contributed by atoms with Crippen LogP contribution in [0.2, 0.25) is 0 Å². The molecular formula is C20H20N4O3S. The number of amides is 2. The lowest BCUT2D eigenvalue weighted by Crippen LogP contribution is -2.38. The fraction of sp³-hybridized carbons (Fsp3) is 0.300. The Morgan fingerprint density at radius 1 is 1.00 bits per heavy atom. The molecule has 0 saturated carbocycles. The molecule has 0 saturated heterocycles. The number of hydrogen-bond acceptors (Lipinski definition) is 4. The minimum absolute atomic E-state index is 0.421. The minimum Gasteiger partial charge on any atom is -0.307 e. The number of rotatable bonds is 3. The van der Waals surface area contributed by atoms with Crippen LogP contribution in [0.4, 0.5) is 10.5 Å². The van der Waals surface area contributed by atoms with E-state index in [2.05, 4.69) is 21.2 Å². The third-order valence-corrected chi connectivity index (χ3v) is 6.80. The van der Waals surface area contributed by atoms with Crippen molar-refractivity contribution in [1.82, 2.24) is 13.9 Å². The summed E-state index contributed by atoms with van der Waals surface area (Å²) in [5.41, 5.74) is 6.08. The first kappa shape index (κ1) is 17.2. The van der Waals surface area contributed by atoms with Gasteiger partial charge in [-0.05, 0) is 66.8 Å². The highest BCUT2D eigenvalue weighted by Crippen LogP contribution is 2.38. The van der Waals surface area contributed by atoms with E-state index in [1.54, 1.807) is 24.3 Å². The Morgan fingerprint density at radius 3 is 2.39 bits per heavy atom. The van der Waals surface area contributed by atoms with Crippen LogP contribution in [-0.4, -0.2) is 23.6 Å². The molecule has 0 atom stereocenters. The lowest BCUT2D eigenvalue weighted by Gasteiger charge is -2.16. The van der Waals surface area contributed by atoms with Crippen molar-refractivity contribution in [3.8, 4) is 0 Å². The number of aromatic nitrogens is 2. The zero-order valence-electron chi connectivity index (χ0n) is 15.2. The first-order valence-electron chi connectivity index (χ1n) is 9.46. The van der Waals surface area contributed by atoms with Crippen LogP contribution in [0.5, 0.6) is 0 Å². The predicted molar refractivity (Wildman–Crippen MR) is 107 cm³/mol. The van der Waals surface area contributed by atoms with Crippen molar-refractivity contribution in [3.05, 3.63) is 58.8 Å². The maximum Gasteiger partial charge on any atom is 0.347 e. The fourth-order valence-electron chi connectivity index (χ4n) is 4.41. The Kier molecular flexibility index (Phi) is 3.90. The average Bonchev–Trinajstić information content (AvgIpc) is 3.39. The third kappa shape index (κ3) is 2.75. The molecule has 1 heterocycles. The number of carbonyl (C=O) groups is 1. The quantitative estimate of drug-likeness (QED) is 0.712. The Balaban J connectivity index is 1.44. The number of anilines is 1. The second-order valence-corrected chi connectivity index (χ2v) is 8.84. The molecule has 1 aromatic heterocycles. The lowest BCUT2D eigenvalue weighted by molar-refractivity contribution is 0.256. The lowest BCUT2D eigenvalue weighted by atomic mass is 9.99. The summed E-state index contributed by atoms with van der Waals surface area (Å²) in [6, 6.07) is 8.46. The van der Waals surface area contributed by atoms with Gasteiger partial charge in [-0.15, -0.1) is 4.09 Å².